The number of ether oxygens (including phenoxy) is 1. The second kappa shape index (κ2) is 7.07. The number of nitrogens with one attached hydrogen (secondary N) is 1. The van der Waals surface area contributed by atoms with E-state index in [1.165, 1.54) is 11.3 Å². The number of nitrogens with zero attached hydrogens (tertiary/aromatic N) is 2. The van der Waals surface area contributed by atoms with Crippen molar-refractivity contribution in [2.24, 2.45) is 0 Å². The molecule has 118 valence electrons. The highest BCUT2D eigenvalue weighted by molar-refractivity contribution is 7.15. The summed E-state index contributed by atoms with van der Waals surface area (Å²) >= 11 is 7.25. The summed E-state index contributed by atoms with van der Waals surface area (Å²) in [6.45, 7) is 6.44. The first-order chi connectivity index (χ1) is 10.3. The van der Waals surface area contributed by atoms with Crippen LogP contribution in [0, 0.1) is 0 Å². The van der Waals surface area contributed by atoms with Crippen molar-refractivity contribution in [3.63, 3.8) is 0 Å². The fourth-order valence-electron chi connectivity index (χ4n) is 1.58. The number of rotatable bonds is 5. The van der Waals surface area contributed by atoms with Crippen molar-refractivity contribution in [1.29, 1.82) is 0 Å². The molecule has 1 amide bonds. The van der Waals surface area contributed by atoms with Gasteiger partial charge in [-0.2, -0.15) is 0 Å². The van der Waals surface area contributed by atoms with E-state index in [0.29, 0.717) is 15.9 Å². The highest BCUT2D eigenvalue weighted by atomic mass is 35.5. The molecule has 1 heterocycles. The molecule has 0 saturated carbocycles. The third-order valence-electron chi connectivity index (χ3n) is 2.71. The number of carbonyl (C=O) groups excluding carboxylic acids is 1. The lowest BCUT2D eigenvalue weighted by molar-refractivity contribution is -0.116. The Morgan fingerprint density at radius 1 is 1.36 bits per heavy atom. The number of halogens is 1. The summed E-state index contributed by atoms with van der Waals surface area (Å²) in [5, 5.41) is 12.8. The zero-order valence-electron chi connectivity index (χ0n) is 12.7. The molecule has 7 heteroatoms. The summed E-state index contributed by atoms with van der Waals surface area (Å²) in [6, 6.07) is 7.07. The molecule has 2 rings (SSSR count). The van der Waals surface area contributed by atoms with E-state index >= 15 is 0 Å². The van der Waals surface area contributed by atoms with E-state index in [9.17, 15) is 4.79 Å². The number of hydrogen-bond donors (Lipinski definition) is 1. The van der Waals surface area contributed by atoms with E-state index in [2.05, 4.69) is 36.3 Å². The summed E-state index contributed by atoms with van der Waals surface area (Å²) in [7, 11) is 0. The largest absolute Gasteiger partial charge is 0.493 e. The SMILES string of the molecule is CC(C)(C)c1nnc(NC(=O)CCOc2cccc(Cl)c2)s1. The van der Waals surface area contributed by atoms with E-state index in [1.807, 2.05) is 0 Å². The molecular weight excluding hydrogens is 322 g/mol. The van der Waals surface area contributed by atoms with Crippen molar-refractivity contribution in [3.05, 3.63) is 34.3 Å². The third kappa shape index (κ3) is 4.96. The van der Waals surface area contributed by atoms with Gasteiger partial charge in [0.15, 0.2) is 0 Å². The van der Waals surface area contributed by atoms with Gasteiger partial charge in [-0.05, 0) is 18.2 Å². The Kier molecular flexibility index (Phi) is 5.37. The number of benzene rings is 1. The zero-order valence-corrected chi connectivity index (χ0v) is 14.3. The van der Waals surface area contributed by atoms with Gasteiger partial charge in [-0.3, -0.25) is 4.79 Å². The molecule has 0 atom stereocenters. The van der Waals surface area contributed by atoms with Crippen LogP contribution in [0.2, 0.25) is 5.02 Å². The molecule has 0 unspecified atom stereocenters. The molecular formula is C15H18ClN3O2S. The topological polar surface area (TPSA) is 64.1 Å². The van der Waals surface area contributed by atoms with Crippen molar-refractivity contribution in [2.75, 3.05) is 11.9 Å². The molecule has 0 bridgehead atoms. The Morgan fingerprint density at radius 2 is 2.14 bits per heavy atom. The van der Waals surface area contributed by atoms with E-state index in [-0.39, 0.29) is 24.3 Å². The van der Waals surface area contributed by atoms with Gasteiger partial charge >= 0.3 is 0 Å². The van der Waals surface area contributed by atoms with Gasteiger partial charge in [0.1, 0.15) is 10.8 Å². The highest BCUT2D eigenvalue weighted by Crippen LogP contribution is 2.27. The van der Waals surface area contributed by atoms with Crippen LogP contribution in [0.25, 0.3) is 0 Å². The summed E-state index contributed by atoms with van der Waals surface area (Å²) < 4.78 is 5.48. The smallest absolute Gasteiger partial charge is 0.229 e. The Labute approximate surface area is 138 Å². The summed E-state index contributed by atoms with van der Waals surface area (Å²) in [6.07, 6.45) is 0.233. The van der Waals surface area contributed by atoms with Crippen LogP contribution in [0.5, 0.6) is 5.75 Å². The Balaban J connectivity index is 1.80. The quantitative estimate of drug-likeness (QED) is 0.897. The first-order valence-electron chi connectivity index (χ1n) is 6.87. The van der Waals surface area contributed by atoms with Gasteiger partial charge in [-0.1, -0.05) is 49.8 Å². The van der Waals surface area contributed by atoms with Crippen LogP contribution in [0.15, 0.2) is 24.3 Å². The lowest BCUT2D eigenvalue weighted by atomic mass is 9.98. The van der Waals surface area contributed by atoms with Crippen LogP contribution in [0.4, 0.5) is 5.13 Å². The van der Waals surface area contributed by atoms with Crippen LogP contribution < -0.4 is 10.1 Å². The van der Waals surface area contributed by atoms with Gasteiger partial charge in [-0.25, -0.2) is 0 Å². The van der Waals surface area contributed by atoms with Crippen molar-refractivity contribution < 1.29 is 9.53 Å². The predicted octanol–water partition coefficient (Wildman–Crippen LogP) is 3.90. The second-order valence-corrected chi connectivity index (χ2v) is 7.18. The van der Waals surface area contributed by atoms with Crippen LogP contribution in [-0.4, -0.2) is 22.7 Å². The van der Waals surface area contributed by atoms with Crippen molar-refractivity contribution >= 4 is 34.0 Å². The number of hydrogen-bond acceptors (Lipinski definition) is 5. The van der Waals surface area contributed by atoms with E-state index < -0.39 is 0 Å². The van der Waals surface area contributed by atoms with Gasteiger partial charge in [-0.15, -0.1) is 10.2 Å². The number of carbonyl (C=O) groups is 1. The summed E-state index contributed by atoms with van der Waals surface area (Å²) in [4.78, 5) is 11.9. The first kappa shape index (κ1) is 16.7. The van der Waals surface area contributed by atoms with Crippen molar-refractivity contribution in [3.8, 4) is 5.75 Å². The Bertz CT molecular complexity index is 652. The van der Waals surface area contributed by atoms with Crippen molar-refractivity contribution in [2.45, 2.75) is 32.6 Å². The fraction of sp³-hybridized carbons (Fsp3) is 0.400. The number of anilines is 1. The van der Waals surface area contributed by atoms with Crippen LogP contribution in [0.3, 0.4) is 0 Å². The van der Waals surface area contributed by atoms with E-state index in [4.69, 9.17) is 16.3 Å². The minimum atomic E-state index is -0.154. The van der Waals surface area contributed by atoms with Gasteiger partial charge in [0, 0.05) is 10.4 Å². The molecule has 0 aliphatic heterocycles. The van der Waals surface area contributed by atoms with Crippen LogP contribution >= 0.6 is 22.9 Å². The van der Waals surface area contributed by atoms with Gasteiger partial charge in [0.05, 0.1) is 13.0 Å². The third-order valence-corrected chi connectivity index (χ3v) is 4.21. The summed E-state index contributed by atoms with van der Waals surface area (Å²) in [5.41, 5.74) is -0.0731. The second-order valence-electron chi connectivity index (χ2n) is 5.77. The molecule has 1 N–H and O–H groups in total. The van der Waals surface area contributed by atoms with Crippen LogP contribution in [-0.2, 0) is 10.2 Å². The van der Waals surface area contributed by atoms with Gasteiger partial charge in [0.25, 0.3) is 0 Å². The molecule has 22 heavy (non-hydrogen) atoms. The van der Waals surface area contributed by atoms with E-state index in [0.717, 1.165) is 5.01 Å². The molecule has 0 saturated heterocycles. The molecule has 5 nitrogen and oxygen atoms in total. The molecule has 0 fully saturated rings. The average Bonchev–Trinajstić information content (AvgIpc) is 2.87. The minimum absolute atomic E-state index is 0.0731. The Hall–Kier alpha value is -1.66. The first-order valence-corrected chi connectivity index (χ1v) is 8.06. The maximum absolute atomic E-state index is 11.9. The number of amides is 1. The predicted molar refractivity (Wildman–Crippen MR) is 88.8 cm³/mol. The lowest BCUT2D eigenvalue weighted by Gasteiger charge is -2.12. The lowest BCUT2D eigenvalue weighted by Crippen LogP contribution is -2.15. The normalized spacial score (nSPS) is 11.3. The van der Waals surface area contributed by atoms with Crippen molar-refractivity contribution in [1.82, 2.24) is 10.2 Å². The highest BCUT2D eigenvalue weighted by Gasteiger charge is 2.19. The zero-order chi connectivity index (χ0) is 16.2. The molecule has 1 aromatic heterocycles. The molecule has 0 aliphatic carbocycles. The average molecular weight is 340 g/mol. The van der Waals surface area contributed by atoms with Gasteiger partial charge < -0.3 is 10.1 Å². The monoisotopic (exact) mass is 339 g/mol. The minimum Gasteiger partial charge on any atom is -0.493 e. The maximum Gasteiger partial charge on any atom is 0.229 e. The van der Waals surface area contributed by atoms with Gasteiger partial charge in [0.2, 0.25) is 11.0 Å². The van der Waals surface area contributed by atoms with E-state index in [1.54, 1.807) is 24.3 Å². The standard InChI is InChI=1S/C15H18ClN3O2S/c1-15(2,3)13-18-19-14(22-13)17-12(20)7-8-21-11-6-4-5-10(16)9-11/h4-6,9H,7-8H2,1-3H3,(H,17,19,20). The molecule has 0 radical (unpaired) electrons. The fourth-order valence-corrected chi connectivity index (χ4v) is 2.57. The number of aromatic nitrogens is 2. The molecule has 0 spiro atoms. The summed E-state index contributed by atoms with van der Waals surface area (Å²) in [5.74, 6) is 0.491. The molecule has 1 aromatic carbocycles. The Morgan fingerprint density at radius 3 is 2.77 bits per heavy atom. The van der Waals surface area contributed by atoms with Crippen LogP contribution in [0.1, 0.15) is 32.2 Å². The molecule has 0 aliphatic rings. The molecule has 2 aromatic rings. The maximum atomic E-state index is 11.9.